The van der Waals surface area contributed by atoms with E-state index in [0.29, 0.717) is 5.41 Å². The number of nitrogens with zero attached hydrogens (tertiary/aromatic N) is 2. The molecule has 1 aromatic carbocycles. The summed E-state index contributed by atoms with van der Waals surface area (Å²) in [5, 5.41) is 3.40. The van der Waals surface area contributed by atoms with Crippen molar-refractivity contribution in [3.05, 3.63) is 30.0 Å². The first kappa shape index (κ1) is 11.7. The lowest BCUT2D eigenvalue weighted by Gasteiger charge is -2.14. The van der Waals surface area contributed by atoms with Crippen LogP contribution in [-0.2, 0) is 0 Å². The summed E-state index contributed by atoms with van der Waals surface area (Å²) in [6, 6.07) is 7.94. The maximum Gasteiger partial charge on any atom is 0.148 e. The molecule has 1 aliphatic carbocycles. The van der Waals surface area contributed by atoms with Gasteiger partial charge in [0.1, 0.15) is 5.82 Å². The fourth-order valence-corrected chi connectivity index (χ4v) is 2.42. The molecule has 1 aliphatic rings. The summed E-state index contributed by atoms with van der Waals surface area (Å²) >= 11 is 5.98. The van der Waals surface area contributed by atoms with Gasteiger partial charge >= 0.3 is 0 Å². The number of para-hydroxylation sites is 2. The van der Waals surface area contributed by atoms with Crippen LogP contribution in [0.1, 0.15) is 18.5 Å². The van der Waals surface area contributed by atoms with Crippen LogP contribution in [0.3, 0.4) is 0 Å². The number of alkyl halides is 1. The van der Waals surface area contributed by atoms with Gasteiger partial charge in [0, 0.05) is 17.8 Å². The summed E-state index contributed by atoms with van der Waals surface area (Å²) in [6.07, 6.45) is 2.42. The third-order valence-corrected chi connectivity index (χ3v) is 4.18. The van der Waals surface area contributed by atoms with Crippen LogP contribution in [0, 0.1) is 12.3 Å². The highest BCUT2D eigenvalue weighted by Crippen LogP contribution is 2.46. The zero-order valence-corrected chi connectivity index (χ0v) is 11.2. The molecule has 0 spiro atoms. The van der Waals surface area contributed by atoms with Gasteiger partial charge in [-0.25, -0.2) is 9.97 Å². The lowest BCUT2D eigenvalue weighted by molar-refractivity contribution is 0.617. The predicted molar refractivity (Wildman–Crippen MR) is 75.2 cm³/mol. The van der Waals surface area contributed by atoms with Crippen molar-refractivity contribution in [3.63, 3.8) is 0 Å². The van der Waals surface area contributed by atoms with E-state index in [9.17, 15) is 0 Å². The molecule has 3 nitrogen and oxygen atoms in total. The summed E-state index contributed by atoms with van der Waals surface area (Å²) in [5.41, 5.74) is 3.11. The Hall–Kier alpha value is -1.35. The van der Waals surface area contributed by atoms with Crippen LogP contribution in [0.15, 0.2) is 24.3 Å². The second-order valence-electron chi connectivity index (χ2n) is 5.13. The lowest BCUT2D eigenvalue weighted by atomic mass is 10.1. The third-order valence-electron chi connectivity index (χ3n) is 3.62. The Labute approximate surface area is 112 Å². The Kier molecular flexibility index (Phi) is 2.86. The minimum Gasteiger partial charge on any atom is -0.368 e. The molecule has 0 aliphatic heterocycles. The van der Waals surface area contributed by atoms with Crippen LogP contribution >= 0.6 is 11.6 Å². The Bertz CT molecular complexity index is 578. The number of benzene rings is 1. The lowest BCUT2D eigenvalue weighted by Crippen LogP contribution is -2.18. The largest absolute Gasteiger partial charge is 0.368 e. The molecule has 0 saturated heterocycles. The highest BCUT2D eigenvalue weighted by Gasteiger charge is 2.41. The number of halogens is 1. The van der Waals surface area contributed by atoms with Gasteiger partial charge in [0.15, 0.2) is 0 Å². The summed E-state index contributed by atoms with van der Waals surface area (Å²) in [6.45, 7) is 2.88. The summed E-state index contributed by atoms with van der Waals surface area (Å²) in [7, 11) is 0. The molecular weight excluding hydrogens is 246 g/mol. The number of aryl methyl sites for hydroxylation is 1. The van der Waals surface area contributed by atoms with E-state index in [4.69, 9.17) is 11.6 Å². The van der Waals surface area contributed by atoms with E-state index in [1.54, 1.807) is 0 Å². The molecule has 1 heterocycles. The van der Waals surface area contributed by atoms with Crippen molar-refractivity contribution in [2.24, 2.45) is 5.41 Å². The second kappa shape index (κ2) is 4.39. The van der Waals surface area contributed by atoms with Crippen molar-refractivity contribution in [2.75, 3.05) is 17.7 Å². The molecule has 2 aromatic rings. The maximum atomic E-state index is 5.98. The smallest absolute Gasteiger partial charge is 0.148 e. The molecule has 1 aromatic heterocycles. The van der Waals surface area contributed by atoms with Crippen molar-refractivity contribution in [1.29, 1.82) is 0 Å². The predicted octanol–water partition coefficient (Wildman–Crippen LogP) is 3.37. The van der Waals surface area contributed by atoms with E-state index in [1.165, 1.54) is 12.8 Å². The Morgan fingerprint density at radius 3 is 2.50 bits per heavy atom. The molecule has 1 N–H and O–H groups in total. The molecule has 4 heteroatoms. The van der Waals surface area contributed by atoms with Crippen molar-refractivity contribution in [3.8, 4) is 0 Å². The monoisotopic (exact) mass is 261 g/mol. The Morgan fingerprint density at radius 1 is 1.22 bits per heavy atom. The first-order chi connectivity index (χ1) is 8.72. The first-order valence-corrected chi connectivity index (χ1v) is 6.79. The zero-order chi connectivity index (χ0) is 12.6. The standard InChI is InChI=1S/C14H16ClN3/c1-10-13(16-9-14(8-15)6-7-14)18-12-5-3-2-4-11(12)17-10/h2-5H,6-9H2,1H3,(H,16,18). The normalized spacial score (nSPS) is 16.8. The zero-order valence-electron chi connectivity index (χ0n) is 10.4. The number of anilines is 1. The van der Waals surface area contributed by atoms with Crippen LogP contribution < -0.4 is 5.32 Å². The van der Waals surface area contributed by atoms with Crippen molar-refractivity contribution in [2.45, 2.75) is 19.8 Å². The van der Waals surface area contributed by atoms with Gasteiger partial charge in [-0.05, 0) is 31.9 Å². The highest BCUT2D eigenvalue weighted by molar-refractivity contribution is 6.18. The molecule has 3 rings (SSSR count). The van der Waals surface area contributed by atoms with Crippen LogP contribution in [0.2, 0.25) is 0 Å². The summed E-state index contributed by atoms with van der Waals surface area (Å²) < 4.78 is 0. The van der Waals surface area contributed by atoms with Crippen LogP contribution in [-0.4, -0.2) is 22.4 Å². The number of aromatic nitrogens is 2. The molecular formula is C14H16ClN3. The van der Waals surface area contributed by atoms with E-state index in [0.717, 1.165) is 35.0 Å². The first-order valence-electron chi connectivity index (χ1n) is 6.26. The van der Waals surface area contributed by atoms with E-state index < -0.39 is 0 Å². The van der Waals surface area contributed by atoms with E-state index in [2.05, 4.69) is 15.3 Å². The van der Waals surface area contributed by atoms with E-state index in [1.807, 2.05) is 31.2 Å². The molecule has 0 unspecified atom stereocenters. The number of hydrogen-bond donors (Lipinski definition) is 1. The quantitative estimate of drug-likeness (QED) is 0.858. The van der Waals surface area contributed by atoms with Crippen molar-refractivity contribution in [1.82, 2.24) is 9.97 Å². The van der Waals surface area contributed by atoms with Gasteiger partial charge in [-0.15, -0.1) is 11.6 Å². The van der Waals surface area contributed by atoms with Crippen molar-refractivity contribution >= 4 is 28.5 Å². The van der Waals surface area contributed by atoms with Gasteiger partial charge in [-0.3, -0.25) is 0 Å². The SMILES string of the molecule is Cc1nc2ccccc2nc1NCC1(CCl)CC1. The molecule has 1 saturated carbocycles. The van der Waals surface area contributed by atoms with E-state index in [-0.39, 0.29) is 0 Å². The Morgan fingerprint density at radius 2 is 1.89 bits per heavy atom. The van der Waals surface area contributed by atoms with Gasteiger partial charge in [0.25, 0.3) is 0 Å². The van der Waals surface area contributed by atoms with Gasteiger partial charge in [-0.1, -0.05) is 12.1 Å². The van der Waals surface area contributed by atoms with Gasteiger partial charge < -0.3 is 5.32 Å². The molecule has 0 amide bonds. The van der Waals surface area contributed by atoms with Gasteiger partial charge in [0.2, 0.25) is 0 Å². The highest BCUT2D eigenvalue weighted by atomic mass is 35.5. The maximum absolute atomic E-state index is 5.98. The molecule has 18 heavy (non-hydrogen) atoms. The average Bonchev–Trinajstić information content (AvgIpc) is 3.17. The topological polar surface area (TPSA) is 37.8 Å². The summed E-state index contributed by atoms with van der Waals surface area (Å²) in [5.74, 6) is 1.60. The molecule has 1 fully saturated rings. The van der Waals surface area contributed by atoms with E-state index >= 15 is 0 Å². The fraction of sp³-hybridized carbons (Fsp3) is 0.429. The number of rotatable bonds is 4. The average molecular weight is 262 g/mol. The van der Waals surface area contributed by atoms with Crippen LogP contribution in [0.4, 0.5) is 5.82 Å². The molecule has 94 valence electrons. The number of hydrogen-bond acceptors (Lipinski definition) is 3. The minimum absolute atomic E-state index is 0.293. The minimum atomic E-state index is 0.293. The fourth-order valence-electron chi connectivity index (χ4n) is 2.06. The molecule has 0 bridgehead atoms. The molecule has 0 atom stereocenters. The van der Waals surface area contributed by atoms with Crippen LogP contribution in [0.5, 0.6) is 0 Å². The number of nitrogens with one attached hydrogen (secondary N) is 1. The Balaban J connectivity index is 1.85. The third kappa shape index (κ3) is 2.15. The molecule has 0 radical (unpaired) electrons. The van der Waals surface area contributed by atoms with Gasteiger partial charge in [0.05, 0.1) is 16.7 Å². The number of fused-ring (bicyclic) bond motifs is 1. The van der Waals surface area contributed by atoms with Gasteiger partial charge in [-0.2, -0.15) is 0 Å². The summed E-state index contributed by atoms with van der Waals surface area (Å²) in [4.78, 5) is 9.19. The van der Waals surface area contributed by atoms with Crippen LogP contribution in [0.25, 0.3) is 11.0 Å². The van der Waals surface area contributed by atoms with Crippen molar-refractivity contribution < 1.29 is 0 Å². The second-order valence-corrected chi connectivity index (χ2v) is 5.40.